The number of fused-ring (bicyclic) bond motifs is 1. The molecule has 1 fully saturated rings. The molecule has 1 saturated carbocycles. The zero-order valence-electron chi connectivity index (χ0n) is 16.0. The third-order valence-electron chi connectivity index (χ3n) is 5.32. The van der Waals surface area contributed by atoms with E-state index in [4.69, 9.17) is 16.2 Å². The number of carbonyl (C=O) groups excluding carboxylic acids is 1. The number of nitrogens with two attached hydrogens (primary N) is 2. The van der Waals surface area contributed by atoms with Gasteiger partial charge in [0.1, 0.15) is 5.75 Å². The number of aromatic amines is 1. The molecule has 1 aliphatic rings. The van der Waals surface area contributed by atoms with Gasteiger partial charge in [-0.15, -0.1) is 0 Å². The average molecular weight is 392 g/mol. The first kappa shape index (κ1) is 19.0. The summed E-state index contributed by atoms with van der Waals surface area (Å²) in [7, 11) is 0. The molecule has 2 aromatic carbocycles. The number of nitrogens with zero attached hydrogens (tertiary/aromatic N) is 1. The van der Waals surface area contributed by atoms with E-state index in [9.17, 15) is 9.90 Å². The Kier molecular flexibility index (Phi) is 5.22. The molecule has 7 heteroatoms. The van der Waals surface area contributed by atoms with Crippen molar-refractivity contribution in [3.05, 3.63) is 71.5 Å². The number of carbonyl (C=O) groups is 1. The van der Waals surface area contributed by atoms with Crippen LogP contribution in [-0.2, 0) is 0 Å². The Hall–Kier alpha value is -3.32. The van der Waals surface area contributed by atoms with E-state index in [0.29, 0.717) is 29.3 Å². The fraction of sp³-hybridized carbons (Fsp3) is 0.273. The second-order valence-electron chi connectivity index (χ2n) is 7.40. The smallest absolute Gasteiger partial charge is 0.228 e. The van der Waals surface area contributed by atoms with Gasteiger partial charge in [0.15, 0.2) is 5.82 Å². The first-order valence-corrected chi connectivity index (χ1v) is 9.72. The minimum atomic E-state index is -0.344. The molecule has 0 radical (unpaired) electrons. The summed E-state index contributed by atoms with van der Waals surface area (Å²) >= 11 is 0. The summed E-state index contributed by atoms with van der Waals surface area (Å²) in [6, 6.07) is 14.2. The average Bonchev–Trinajstić information content (AvgIpc) is 3.17. The highest BCUT2D eigenvalue weighted by molar-refractivity contribution is 6.08. The van der Waals surface area contributed by atoms with Gasteiger partial charge in [0.25, 0.3) is 0 Å². The Bertz CT molecular complexity index is 1020. The van der Waals surface area contributed by atoms with E-state index in [0.717, 1.165) is 30.3 Å². The number of benzene rings is 2. The molecule has 3 aromatic rings. The molecule has 0 saturated heterocycles. The molecule has 0 amide bonds. The van der Waals surface area contributed by atoms with Crippen LogP contribution in [0, 0.1) is 5.92 Å². The van der Waals surface area contributed by atoms with Gasteiger partial charge in [0.05, 0.1) is 22.8 Å². The van der Waals surface area contributed by atoms with Crippen LogP contribution >= 0.6 is 0 Å². The van der Waals surface area contributed by atoms with Crippen LogP contribution < -0.4 is 16.2 Å². The van der Waals surface area contributed by atoms with Crippen molar-refractivity contribution in [3.63, 3.8) is 0 Å². The fourth-order valence-corrected chi connectivity index (χ4v) is 3.70. The highest BCUT2D eigenvalue weighted by Crippen LogP contribution is 2.29. The van der Waals surface area contributed by atoms with Gasteiger partial charge >= 0.3 is 0 Å². The van der Waals surface area contributed by atoms with Gasteiger partial charge in [-0.3, -0.25) is 4.79 Å². The van der Waals surface area contributed by atoms with Crippen molar-refractivity contribution < 1.29 is 14.6 Å². The lowest BCUT2D eigenvalue weighted by molar-refractivity contribution is 0.103. The highest BCUT2D eigenvalue weighted by atomic mass is 16.5. The highest BCUT2D eigenvalue weighted by Gasteiger charge is 2.24. The molecule has 29 heavy (non-hydrogen) atoms. The maximum Gasteiger partial charge on any atom is 0.228 e. The first-order valence-electron chi connectivity index (χ1n) is 9.72. The van der Waals surface area contributed by atoms with Crippen LogP contribution in [0.25, 0.3) is 11.0 Å². The minimum Gasteiger partial charge on any atom is -0.440 e. The number of para-hydroxylation sites is 2. The number of ether oxygens (including phenoxy) is 1. The van der Waals surface area contributed by atoms with Crippen LogP contribution in [0.5, 0.6) is 5.75 Å². The van der Waals surface area contributed by atoms with Gasteiger partial charge in [0.2, 0.25) is 11.7 Å². The van der Waals surface area contributed by atoms with E-state index >= 15 is 0 Å². The Balaban J connectivity index is 1.47. The second kappa shape index (κ2) is 7.97. The van der Waals surface area contributed by atoms with E-state index in [2.05, 4.69) is 9.97 Å². The molecule has 1 aromatic heterocycles. The lowest BCUT2D eigenvalue weighted by Gasteiger charge is -2.26. The largest absolute Gasteiger partial charge is 0.440 e. The van der Waals surface area contributed by atoms with Crippen molar-refractivity contribution in [1.29, 1.82) is 0 Å². The van der Waals surface area contributed by atoms with Crippen LogP contribution in [0.4, 0.5) is 0 Å². The predicted molar refractivity (Wildman–Crippen MR) is 110 cm³/mol. The second-order valence-corrected chi connectivity index (χ2v) is 7.40. The summed E-state index contributed by atoms with van der Waals surface area (Å²) in [5.41, 5.74) is 14.7. The molecule has 2 atom stereocenters. The molecule has 0 unspecified atom stereocenters. The molecule has 7 nitrogen and oxygen atoms in total. The van der Waals surface area contributed by atoms with Crippen molar-refractivity contribution in [2.75, 3.05) is 0 Å². The van der Waals surface area contributed by atoms with Gasteiger partial charge in [-0.1, -0.05) is 18.6 Å². The van der Waals surface area contributed by atoms with Crippen LogP contribution in [0.15, 0.2) is 60.1 Å². The molecule has 0 bridgehead atoms. The monoisotopic (exact) mass is 392 g/mol. The van der Waals surface area contributed by atoms with Crippen molar-refractivity contribution in [2.45, 2.75) is 31.8 Å². The maximum absolute atomic E-state index is 12.7. The number of aromatic nitrogens is 2. The number of H-pyrrole nitrogens is 1. The molecule has 4 rings (SSSR count). The topological polar surface area (TPSA) is 127 Å². The number of ketones is 1. The van der Waals surface area contributed by atoms with E-state index in [1.54, 1.807) is 24.3 Å². The van der Waals surface area contributed by atoms with Gasteiger partial charge in [-0.2, -0.15) is 0 Å². The Morgan fingerprint density at radius 3 is 2.59 bits per heavy atom. The van der Waals surface area contributed by atoms with Gasteiger partial charge in [-0.25, -0.2) is 4.98 Å². The number of allylic oxidation sites excluding steroid dienone is 1. The first-order chi connectivity index (χ1) is 14.0. The van der Waals surface area contributed by atoms with Crippen LogP contribution in [-0.4, -0.2) is 27.0 Å². The lowest BCUT2D eigenvalue weighted by Crippen LogP contribution is -2.27. The molecule has 1 heterocycles. The minimum absolute atomic E-state index is 0.0210. The molecule has 0 aliphatic heterocycles. The van der Waals surface area contributed by atoms with Crippen LogP contribution in [0.3, 0.4) is 0 Å². The van der Waals surface area contributed by atoms with Crippen molar-refractivity contribution in [1.82, 2.24) is 9.97 Å². The third-order valence-corrected chi connectivity index (χ3v) is 5.32. The SMILES string of the molecule is N/C(Oc1ccc(C(=O)c2nc3ccccc3[nH]2)cc1)=C(\N)[C@H]1CCC[C@@H](O)C1. The zero-order chi connectivity index (χ0) is 20.4. The standard InChI is InChI=1S/C22H24N4O3/c23-19(14-4-3-5-15(27)12-14)21(24)29-16-10-8-13(9-11-16)20(28)22-25-17-6-1-2-7-18(17)26-22/h1-2,6-11,14-15,27H,3-5,12,23-24H2,(H,25,26)/b21-19+/t14-,15+/m0/s1. The molecular weight excluding hydrogens is 368 g/mol. The number of aliphatic hydroxyl groups is 1. The lowest BCUT2D eigenvalue weighted by atomic mass is 9.85. The van der Waals surface area contributed by atoms with Crippen LogP contribution in [0.1, 0.15) is 41.9 Å². The molecular formula is C22H24N4O3. The molecule has 6 N–H and O–H groups in total. The molecule has 1 aliphatic carbocycles. The number of rotatable bonds is 5. The Labute approximate surface area is 168 Å². The summed E-state index contributed by atoms with van der Waals surface area (Å²) in [5.74, 6) is 0.738. The normalized spacial score (nSPS) is 20.3. The van der Waals surface area contributed by atoms with Crippen molar-refractivity contribution in [2.24, 2.45) is 17.4 Å². The third kappa shape index (κ3) is 4.09. The number of nitrogens with one attached hydrogen (secondary N) is 1. The van der Waals surface area contributed by atoms with Crippen LogP contribution in [0.2, 0.25) is 0 Å². The Morgan fingerprint density at radius 1 is 1.10 bits per heavy atom. The quantitative estimate of drug-likeness (QED) is 0.391. The number of hydrogen-bond acceptors (Lipinski definition) is 6. The number of aliphatic hydroxyl groups excluding tert-OH is 1. The van der Waals surface area contributed by atoms with Gasteiger partial charge < -0.3 is 26.3 Å². The van der Waals surface area contributed by atoms with Gasteiger partial charge in [-0.05, 0) is 55.7 Å². The van der Waals surface area contributed by atoms with Crippen molar-refractivity contribution >= 4 is 16.8 Å². The zero-order valence-corrected chi connectivity index (χ0v) is 16.0. The molecule has 150 valence electrons. The fourth-order valence-electron chi connectivity index (χ4n) is 3.70. The van der Waals surface area contributed by atoms with Gasteiger partial charge in [0, 0.05) is 11.5 Å². The van der Waals surface area contributed by atoms with E-state index in [1.807, 2.05) is 24.3 Å². The summed E-state index contributed by atoms with van der Waals surface area (Å²) < 4.78 is 5.67. The van der Waals surface area contributed by atoms with E-state index < -0.39 is 0 Å². The molecule has 0 spiro atoms. The summed E-state index contributed by atoms with van der Waals surface area (Å²) in [6.07, 6.45) is 2.85. The van der Waals surface area contributed by atoms with E-state index in [-0.39, 0.29) is 23.7 Å². The summed E-state index contributed by atoms with van der Waals surface area (Å²) in [4.78, 5) is 20.1. The summed E-state index contributed by atoms with van der Waals surface area (Å²) in [6.45, 7) is 0. The maximum atomic E-state index is 12.7. The Morgan fingerprint density at radius 2 is 1.86 bits per heavy atom. The number of hydrogen-bond donors (Lipinski definition) is 4. The summed E-state index contributed by atoms with van der Waals surface area (Å²) in [5, 5.41) is 9.82. The number of imidazole rings is 1. The van der Waals surface area contributed by atoms with Crippen molar-refractivity contribution in [3.8, 4) is 5.75 Å². The predicted octanol–water partition coefficient (Wildman–Crippen LogP) is 2.81. The van der Waals surface area contributed by atoms with E-state index in [1.165, 1.54) is 0 Å².